The average Bonchev–Trinajstić information content (AvgIpc) is 2.91. The summed E-state index contributed by atoms with van der Waals surface area (Å²) < 4.78 is 3.55. The van der Waals surface area contributed by atoms with Crippen molar-refractivity contribution in [2.45, 2.75) is 81.3 Å². The predicted molar refractivity (Wildman–Crippen MR) is 119 cm³/mol. The van der Waals surface area contributed by atoms with Crippen LogP contribution in [0.3, 0.4) is 0 Å². The summed E-state index contributed by atoms with van der Waals surface area (Å²) in [6.45, 7) is 21.1. The second-order valence-electron chi connectivity index (χ2n) is 7.82. The molecule has 0 radical (unpaired) electrons. The topological polar surface area (TPSA) is 0 Å². The van der Waals surface area contributed by atoms with Crippen molar-refractivity contribution in [1.29, 1.82) is 0 Å². The van der Waals surface area contributed by atoms with Gasteiger partial charge in [0.05, 0.1) is 0 Å². The van der Waals surface area contributed by atoms with E-state index in [1.165, 1.54) is 0 Å². The van der Waals surface area contributed by atoms with Crippen LogP contribution in [0.2, 0.25) is 12.1 Å². The molecule has 0 heterocycles. The van der Waals surface area contributed by atoms with Crippen LogP contribution in [0.15, 0.2) is 41.2 Å². The van der Waals surface area contributed by atoms with E-state index in [0.29, 0.717) is 11.8 Å². The van der Waals surface area contributed by atoms with Crippen LogP contribution in [-0.2, 0) is 19.2 Å². The molecule has 0 N–H and O–H groups in total. The summed E-state index contributed by atoms with van der Waals surface area (Å²) in [5.41, 5.74) is 9.50. The Morgan fingerprint density at radius 3 is 1.15 bits per heavy atom. The zero-order chi connectivity index (χ0) is 20.4. The van der Waals surface area contributed by atoms with Gasteiger partial charge in [0.1, 0.15) is 0 Å². The van der Waals surface area contributed by atoms with Gasteiger partial charge in [0.25, 0.3) is 6.69 Å². The van der Waals surface area contributed by atoms with Crippen molar-refractivity contribution < 1.29 is 19.2 Å². The van der Waals surface area contributed by atoms with E-state index in [0.717, 1.165) is 12.1 Å². The van der Waals surface area contributed by atoms with Crippen LogP contribution >= 0.6 is 22.2 Å². The molecule has 0 amide bonds. The van der Waals surface area contributed by atoms with Crippen LogP contribution in [0.4, 0.5) is 0 Å². The maximum Gasteiger partial charge on any atom is 0.250 e. The van der Waals surface area contributed by atoms with E-state index >= 15 is 0 Å². The minimum absolute atomic E-state index is 0.132. The number of hydrogen-bond donors (Lipinski definition) is 0. The molecular formula is C22H36Cl2SiTi. The molecule has 0 aromatic carbocycles. The quantitative estimate of drug-likeness (QED) is 0.299. The van der Waals surface area contributed by atoms with Gasteiger partial charge in [-0.05, 0) is 12.1 Å². The molecule has 0 saturated heterocycles. The standard InChI is InChI=1S/2C9H13.C4H10Cl2Si.Ti/c2*1-6-5-7(2)9(4)8(6)3;1-3-7(5,6)4-2;/h2*6H,1-4H3;3-4H2,1-2H3;. The van der Waals surface area contributed by atoms with Crippen molar-refractivity contribution in [3.05, 3.63) is 41.2 Å². The Balaban J connectivity index is 0.000000412. The summed E-state index contributed by atoms with van der Waals surface area (Å²) in [6, 6.07) is 1.93. The third kappa shape index (κ3) is 5.29. The third-order valence-electron chi connectivity index (χ3n) is 6.58. The Hall–Kier alpha value is 0.471. The Labute approximate surface area is 181 Å². The number of halogens is 2. The zero-order valence-corrected chi connectivity index (χ0v) is 22.4. The second-order valence-corrected chi connectivity index (χ2v) is 17.9. The first-order chi connectivity index (χ1) is 11.9. The second kappa shape index (κ2) is 9.79. The van der Waals surface area contributed by atoms with Crippen molar-refractivity contribution in [2.75, 3.05) is 0 Å². The van der Waals surface area contributed by atoms with E-state index in [2.05, 4.69) is 55.4 Å². The zero-order valence-electron chi connectivity index (χ0n) is 18.3. The van der Waals surface area contributed by atoms with Gasteiger partial charge in [0.2, 0.25) is 0 Å². The van der Waals surface area contributed by atoms with Gasteiger partial charge in [-0.1, -0.05) is 13.8 Å². The van der Waals surface area contributed by atoms with Gasteiger partial charge in [-0.25, -0.2) is 0 Å². The van der Waals surface area contributed by atoms with Gasteiger partial charge in [-0.3, -0.25) is 0 Å². The molecule has 0 aliphatic heterocycles. The van der Waals surface area contributed by atoms with Gasteiger partial charge in [0.15, 0.2) is 0 Å². The molecule has 2 aliphatic rings. The molecule has 146 valence electrons. The van der Waals surface area contributed by atoms with Crippen LogP contribution in [0.25, 0.3) is 0 Å². The molecule has 26 heavy (non-hydrogen) atoms. The van der Waals surface area contributed by atoms with Crippen molar-refractivity contribution in [1.82, 2.24) is 0 Å². The summed E-state index contributed by atoms with van der Waals surface area (Å²) in [5.74, 6) is 1.38. The van der Waals surface area contributed by atoms with Gasteiger partial charge < -0.3 is 0 Å². The van der Waals surface area contributed by atoms with Crippen LogP contribution in [0.5, 0.6) is 0 Å². The summed E-state index contributed by atoms with van der Waals surface area (Å²) in [7, 11) is 0. The molecule has 0 saturated carbocycles. The van der Waals surface area contributed by atoms with E-state index in [1.807, 2.05) is 13.8 Å². The largest absolute Gasteiger partial charge is 0.250 e. The maximum absolute atomic E-state index is 5.81. The first kappa shape index (κ1) is 24.5. The van der Waals surface area contributed by atoms with E-state index in [1.54, 1.807) is 41.2 Å². The first-order valence-corrected chi connectivity index (χ1v) is 15.8. The normalized spacial score (nSPS) is 23.8. The van der Waals surface area contributed by atoms with Gasteiger partial charge in [0, 0.05) is 0 Å². The molecular weight excluding hydrogens is 411 g/mol. The van der Waals surface area contributed by atoms with Crippen LogP contribution in [0, 0.1) is 11.8 Å². The van der Waals surface area contributed by atoms with Crippen LogP contribution in [0.1, 0.15) is 69.2 Å². The van der Waals surface area contributed by atoms with E-state index in [4.69, 9.17) is 22.2 Å². The molecule has 0 spiro atoms. The summed E-state index contributed by atoms with van der Waals surface area (Å²) in [5, 5.41) is 0. The molecule has 4 heteroatoms. The van der Waals surface area contributed by atoms with Gasteiger partial charge in [-0.2, -0.15) is 0 Å². The Kier molecular flexibility index (Phi) is 9.23. The molecule has 0 aromatic rings. The van der Waals surface area contributed by atoms with E-state index in [9.17, 15) is 0 Å². The monoisotopic (exact) mass is 446 g/mol. The van der Waals surface area contributed by atoms with E-state index in [-0.39, 0.29) is 19.2 Å². The van der Waals surface area contributed by atoms with Gasteiger partial charge >= 0.3 is 128 Å². The predicted octanol–water partition coefficient (Wildman–Crippen LogP) is 8.54. The van der Waals surface area contributed by atoms with Crippen molar-refractivity contribution in [2.24, 2.45) is 11.8 Å². The SMILES string of the molecule is CC1=C(C)C(C)[C]([Ti][C]2=C(C)C(C)=C(C)C2C)=C1C.CC[Si](Cl)(Cl)CC. The Morgan fingerprint density at radius 2 is 1.00 bits per heavy atom. The van der Waals surface area contributed by atoms with Crippen molar-refractivity contribution in [3.63, 3.8) is 0 Å². The fourth-order valence-corrected chi connectivity index (χ4v) is 7.00. The molecule has 2 aliphatic carbocycles. The first-order valence-electron chi connectivity index (χ1n) is 9.81. The molecule has 2 unspecified atom stereocenters. The molecule has 0 nitrogen and oxygen atoms in total. The third-order valence-corrected chi connectivity index (χ3v) is 15.2. The van der Waals surface area contributed by atoms with Crippen molar-refractivity contribution in [3.8, 4) is 0 Å². The fourth-order valence-electron chi connectivity index (χ4n) is 3.53. The summed E-state index contributed by atoms with van der Waals surface area (Å²) in [4.78, 5) is 0. The molecule has 0 bridgehead atoms. The van der Waals surface area contributed by atoms with Crippen molar-refractivity contribution >= 4 is 28.9 Å². The smallest absolute Gasteiger partial charge is 0.146 e. The molecule has 0 fully saturated rings. The van der Waals surface area contributed by atoms with Gasteiger partial charge in [-0.15, -0.1) is 22.2 Å². The molecule has 0 aromatic heterocycles. The van der Waals surface area contributed by atoms with E-state index < -0.39 is 6.69 Å². The summed E-state index contributed by atoms with van der Waals surface area (Å²) >= 11 is 11.5. The van der Waals surface area contributed by atoms with Crippen LogP contribution in [-0.4, -0.2) is 6.69 Å². The molecule has 2 rings (SSSR count). The summed E-state index contributed by atoms with van der Waals surface area (Å²) in [6.07, 6.45) is 0. The average molecular weight is 447 g/mol. The minimum Gasteiger partial charge on any atom is -0.146 e. The Morgan fingerprint density at radius 1 is 0.692 bits per heavy atom. The number of allylic oxidation sites excluding steroid dienone is 8. The Bertz CT molecular complexity index is 624. The fraction of sp³-hybridized carbons (Fsp3) is 0.636. The number of hydrogen-bond acceptors (Lipinski definition) is 0. The maximum atomic E-state index is 5.81. The number of rotatable bonds is 4. The molecule has 2 atom stereocenters. The minimum atomic E-state index is -1.71. The van der Waals surface area contributed by atoms with Crippen LogP contribution < -0.4 is 0 Å².